The number of hydrogen-bond donors (Lipinski definition) is 2. The standard InChI is InChI=1S/C26H26F3N3O4S/c1-16(26(27,28)29)13-25(36)9-11-32(12-10-25)24(35)17-5-7-18(8-6-17)31-22(20(34)14-33)19-3-2-4-21-23(19)30-15-37-21/h2-8,14-16,22,31,36H,9-13H2,1H3. The molecular weight excluding hydrogens is 507 g/mol. The summed E-state index contributed by atoms with van der Waals surface area (Å²) in [6.45, 7) is 1.34. The number of carbonyl (C=O) groups excluding carboxylic acids is 3. The second kappa shape index (κ2) is 10.6. The Morgan fingerprint density at radius 1 is 1.19 bits per heavy atom. The van der Waals surface area contributed by atoms with E-state index in [0.717, 1.165) is 11.6 Å². The van der Waals surface area contributed by atoms with Crippen LogP contribution < -0.4 is 5.32 Å². The van der Waals surface area contributed by atoms with Crippen molar-refractivity contribution in [3.8, 4) is 0 Å². The molecule has 1 fully saturated rings. The second-order valence-corrected chi connectivity index (χ2v) is 10.3. The van der Waals surface area contributed by atoms with Crippen LogP contribution in [0.25, 0.3) is 10.2 Å². The van der Waals surface area contributed by atoms with Gasteiger partial charge in [-0.05, 0) is 49.6 Å². The third-order valence-corrected chi connectivity index (χ3v) is 7.57. The van der Waals surface area contributed by atoms with Crippen molar-refractivity contribution in [1.82, 2.24) is 9.88 Å². The Kier molecular flexibility index (Phi) is 7.65. The number of nitrogens with zero attached hydrogens (tertiary/aromatic N) is 2. The molecule has 37 heavy (non-hydrogen) atoms. The molecule has 2 N–H and O–H groups in total. The first-order chi connectivity index (χ1) is 17.5. The number of anilines is 1. The Bertz CT molecular complexity index is 1280. The van der Waals surface area contributed by atoms with E-state index < -0.39 is 35.9 Å². The lowest BCUT2D eigenvalue weighted by Crippen LogP contribution is -2.48. The van der Waals surface area contributed by atoms with Crippen LogP contribution in [-0.4, -0.2) is 57.8 Å². The molecule has 1 aromatic heterocycles. The topological polar surface area (TPSA) is 99.6 Å². The van der Waals surface area contributed by atoms with Crippen LogP contribution in [0.4, 0.5) is 18.9 Å². The van der Waals surface area contributed by atoms with Gasteiger partial charge in [0.2, 0.25) is 5.78 Å². The van der Waals surface area contributed by atoms with Gasteiger partial charge in [0.15, 0.2) is 6.29 Å². The molecule has 1 aliphatic heterocycles. The Balaban J connectivity index is 1.42. The van der Waals surface area contributed by atoms with Crippen molar-refractivity contribution in [2.45, 2.75) is 44.0 Å². The lowest BCUT2D eigenvalue weighted by atomic mass is 9.83. The molecule has 0 aliphatic carbocycles. The number of likely N-dealkylation sites (tertiary alicyclic amines) is 1. The van der Waals surface area contributed by atoms with Crippen LogP contribution >= 0.6 is 11.3 Å². The maximum absolute atomic E-state index is 13.0. The normalized spacial score (nSPS) is 17.3. The smallest absolute Gasteiger partial charge is 0.390 e. The summed E-state index contributed by atoms with van der Waals surface area (Å²) in [7, 11) is 0. The molecule has 0 bridgehead atoms. The fourth-order valence-corrected chi connectivity index (χ4v) is 5.30. The van der Waals surface area contributed by atoms with Gasteiger partial charge in [-0.15, -0.1) is 11.3 Å². The van der Waals surface area contributed by atoms with Crippen molar-refractivity contribution < 1.29 is 32.7 Å². The second-order valence-electron chi connectivity index (χ2n) is 9.38. The number of para-hydroxylation sites is 1. The van der Waals surface area contributed by atoms with E-state index in [-0.39, 0.29) is 38.1 Å². The number of thiazole rings is 1. The van der Waals surface area contributed by atoms with Gasteiger partial charge < -0.3 is 15.3 Å². The molecule has 1 amide bonds. The first-order valence-electron chi connectivity index (χ1n) is 11.8. The maximum Gasteiger partial charge on any atom is 0.391 e. The minimum atomic E-state index is -4.37. The molecule has 0 spiro atoms. The number of aromatic nitrogens is 1. The van der Waals surface area contributed by atoms with Crippen LogP contribution in [0, 0.1) is 5.92 Å². The maximum atomic E-state index is 13.0. The number of nitrogens with one attached hydrogen (secondary N) is 1. The monoisotopic (exact) mass is 533 g/mol. The van der Waals surface area contributed by atoms with Gasteiger partial charge in [0.25, 0.3) is 5.91 Å². The molecule has 1 saturated heterocycles. The van der Waals surface area contributed by atoms with E-state index >= 15 is 0 Å². The third-order valence-electron chi connectivity index (χ3n) is 6.77. The summed E-state index contributed by atoms with van der Waals surface area (Å²) in [5.74, 6) is -2.59. The van der Waals surface area contributed by atoms with Crippen LogP contribution in [-0.2, 0) is 9.59 Å². The summed E-state index contributed by atoms with van der Waals surface area (Å²) in [4.78, 5) is 42.5. The number of fused-ring (bicyclic) bond motifs is 1. The Labute approximate surface area is 215 Å². The minimum absolute atomic E-state index is 0.0659. The molecule has 0 saturated carbocycles. The van der Waals surface area contributed by atoms with Crippen molar-refractivity contribution in [3.05, 3.63) is 59.1 Å². The number of benzene rings is 2. The van der Waals surface area contributed by atoms with E-state index in [0.29, 0.717) is 22.3 Å². The van der Waals surface area contributed by atoms with Crippen molar-refractivity contribution in [2.75, 3.05) is 18.4 Å². The van der Waals surface area contributed by atoms with E-state index in [2.05, 4.69) is 10.3 Å². The number of aliphatic hydroxyl groups is 1. The quantitative estimate of drug-likeness (QED) is 0.320. The SMILES string of the molecule is CC(CC1(O)CCN(C(=O)c2ccc(NC(C(=O)C=O)c3cccc4scnc34)cc2)CC1)C(F)(F)F. The van der Waals surface area contributed by atoms with E-state index in [9.17, 15) is 32.7 Å². The average molecular weight is 534 g/mol. The molecule has 2 unspecified atom stereocenters. The van der Waals surface area contributed by atoms with Crippen LogP contribution in [0.1, 0.15) is 48.1 Å². The van der Waals surface area contributed by atoms with Crippen molar-refractivity contribution >= 4 is 45.2 Å². The van der Waals surface area contributed by atoms with Crippen molar-refractivity contribution in [2.24, 2.45) is 5.92 Å². The van der Waals surface area contributed by atoms with Gasteiger partial charge in [-0.1, -0.05) is 19.1 Å². The fraction of sp³-hybridized carbons (Fsp3) is 0.385. The highest BCUT2D eigenvalue weighted by Crippen LogP contribution is 2.37. The van der Waals surface area contributed by atoms with Gasteiger partial charge in [-0.25, -0.2) is 4.98 Å². The molecular formula is C26H26F3N3O4S. The first-order valence-corrected chi connectivity index (χ1v) is 12.6. The number of carbonyl (C=O) groups is 3. The minimum Gasteiger partial charge on any atom is -0.390 e. The lowest BCUT2D eigenvalue weighted by molar-refractivity contribution is -0.187. The molecule has 4 rings (SSSR count). The lowest BCUT2D eigenvalue weighted by Gasteiger charge is -2.39. The van der Waals surface area contributed by atoms with Crippen LogP contribution in [0.5, 0.6) is 0 Å². The van der Waals surface area contributed by atoms with Gasteiger partial charge in [0, 0.05) is 29.9 Å². The Morgan fingerprint density at radius 3 is 2.49 bits per heavy atom. The molecule has 11 heteroatoms. The number of Topliss-reactive ketones (excluding diaryl/α,β-unsaturated/α-hetero) is 1. The van der Waals surface area contributed by atoms with Crippen molar-refractivity contribution in [3.63, 3.8) is 0 Å². The van der Waals surface area contributed by atoms with Gasteiger partial charge in [-0.3, -0.25) is 14.4 Å². The number of halogens is 3. The summed E-state index contributed by atoms with van der Waals surface area (Å²) < 4.78 is 39.6. The summed E-state index contributed by atoms with van der Waals surface area (Å²) in [5.41, 5.74) is 2.27. The van der Waals surface area contributed by atoms with E-state index in [1.807, 2.05) is 6.07 Å². The summed E-state index contributed by atoms with van der Waals surface area (Å²) in [6, 6.07) is 10.8. The summed E-state index contributed by atoms with van der Waals surface area (Å²) >= 11 is 1.42. The summed E-state index contributed by atoms with van der Waals surface area (Å²) in [5, 5.41) is 13.7. The Hall–Kier alpha value is -3.31. The number of aldehydes is 1. The molecule has 2 aromatic carbocycles. The molecule has 3 aromatic rings. The number of hydrogen-bond acceptors (Lipinski definition) is 7. The van der Waals surface area contributed by atoms with E-state index in [1.54, 1.807) is 41.9 Å². The van der Waals surface area contributed by atoms with Crippen LogP contribution in [0.15, 0.2) is 48.0 Å². The average Bonchev–Trinajstić information content (AvgIpc) is 3.36. The number of piperidine rings is 1. The van der Waals surface area contributed by atoms with E-state index in [1.165, 1.54) is 16.2 Å². The van der Waals surface area contributed by atoms with Gasteiger partial charge in [0.1, 0.15) is 6.04 Å². The van der Waals surface area contributed by atoms with E-state index in [4.69, 9.17) is 0 Å². The highest BCUT2D eigenvalue weighted by Gasteiger charge is 2.43. The van der Waals surface area contributed by atoms with Crippen LogP contribution in [0.2, 0.25) is 0 Å². The number of amides is 1. The number of ketones is 1. The summed E-state index contributed by atoms with van der Waals surface area (Å²) in [6.07, 6.45) is -4.38. The highest BCUT2D eigenvalue weighted by molar-refractivity contribution is 7.16. The van der Waals surface area contributed by atoms with Crippen molar-refractivity contribution in [1.29, 1.82) is 0 Å². The van der Waals surface area contributed by atoms with Gasteiger partial charge in [0.05, 0.1) is 27.2 Å². The molecule has 2 heterocycles. The zero-order chi connectivity index (χ0) is 26.8. The molecule has 196 valence electrons. The highest BCUT2D eigenvalue weighted by atomic mass is 32.1. The van der Waals surface area contributed by atoms with Gasteiger partial charge >= 0.3 is 6.18 Å². The molecule has 2 atom stereocenters. The largest absolute Gasteiger partial charge is 0.391 e. The predicted octanol–water partition coefficient (Wildman–Crippen LogP) is 4.77. The fourth-order valence-electron chi connectivity index (χ4n) is 4.59. The molecule has 1 aliphatic rings. The molecule has 7 nitrogen and oxygen atoms in total. The number of rotatable bonds is 8. The number of alkyl halides is 3. The zero-order valence-corrected chi connectivity index (χ0v) is 20.8. The predicted molar refractivity (Wildman–Crippen MR) is 133 cm³/mol. The first kappa shape index (κ1) is 26.7. The third kappa shape index (κ3) is 5.99. The zero-order valence-electron chi connectivity index (χ0n) is 20.0. The molecule has 0 radical (unpaired) electrons. The van der Waals surface area contributed by atoms with Crippen LogP contribution in [0.3, 0.4) is 0 Å². The van der Waals surface area contributed by atoms with Gasteiger partial charge in [-0.2, -0.15) is 13.2 Å². The Morgan fingerprint density at radius 2 is 1.86 bits per heavy atom.